The van der Waals surface area contributed by atoms with E-state index in [1.54, 1.807) is 6.20 Å². The number of nitrogens with one attached hydrogen (secondary N) is 2. The minimum Gasteiger partial charge on any atom is -0.388 e. The molecule has 9 heteroatoms. The first-order chi connectivity index (χ1) is 11.5. The summed E-state index contributed by atoms with van der Waals surface area (Å²) < 4.78 is 5.32. The topological polar surface area (TPSA) is 89.0 Å². The van der Waals surface area contributed by atoms with Crippen LogP contribution in [0, 0.1) is 20.8 Å². The fraction of sp³-hybridized carbons (Fsp3) is 0.200. The lowest BCUT2D eigenvalue weighted by atomic mass is 10.3. The molecular formula is C15H15N5O2S2. The summed E-state index contributed by atoms with van der Waals surface area (Å²) in [7, 11) is 0. The number of anilines is 3. The van der Waals surface area contributed by atoms with Crippen LogP contribution in [0.5, 0.6) is 5.88 Å². The molecule has 124 valence electrons. The summed E-state index contributed by atoms with van der Waals surface area (Å²) in [5, 5.41) is 9.58. The van der Waals surface area contributed by atoms with Crippen LogP contribution in [0.1, 0.15) is 16.4 Å². The van der Waals surface area contributed by atoms with Gasteiger partial charge in [-0.25, -0.2) is 14.8 Å². The van der Waals surface area contributed by atoms with Crippen molar-refractivity contribution in [2.75, 3.05) is 10.6 Å². The number of thiazole rings is 2. The van der Waals surface area contributed by atoms with Gasteiger partial charge < -0.3 is 10.1 Å². The van der Waals surface area contributed by atoms with Crippen LogP contribution in [-0.2, 0) is 0 Å². The van der Waals surface area contributed by atoms with Gasteiger partial charge in [0.05, 0.1) is 10.7 Å². The van der Waals surface area contributed by atoms with E-state index in [1.807, 2.05) is 38.3 Å². The minimum atomic E-state index is -0.622. The number of rotatable bonds is 4. The number of carbonyl (C=O) groups excluding carboxylic acids is 1. The van der Waals surface area contributed by atoms with Crippen molar-refractivity contribution >= 4 is 44.6 Å². The molecule has 3 rings (SSSR count). The van der Waals surface area contributed by atoms with E-state index < -0.39 is 6.09 Å². The largest absolute Gasteiger partial charge is 0.420 e. The molecule has 1 amide bonds. The number of nitrogens with zero attached hydrogens (tertiary/aromatic N) is 3. The Morgan fingerprint density at radius 1 is 1.21 bits per heavy atom. The van der Waals surface area contributed by atoms with Crippen molar-refractivity contribution in [1.82, 2.24) is 15.0 Å². The molecular weight excluding hydrogens is 346 g/mol. The Kier molecular flexibility index (Phi) is 4.72. The normalized spacial score (nSPS) is 10.5. The maximum Gasteiger partial charge on any atom is 0.420 e. The van der Waals surface area contributed by atoms with Gasteiger partial charge in [0.25, 0.3) is 5.88 Å². The Morgan fingerprint density at radius 2 is 2.04 bits per heavy atom. The second-order valence-electron chi connectivity index (χ2n) is 4.99. The summed E-state index contributed by atoms with van der Waals surface area (Å²) in [5.41, 5.74) is 2.59. The third-order valence-corrected chi connectivity index (χ3v) is 4.62. The number of amides is 1. The number of aryl methyl sites for hydroxylation is 3. The number of hydrogen-bond acceptors (Lipinski definition) is 8. The summed E-state index contributed by atoms with van der Waals surface area (Å²) in [6.07, 6.45) is 1.09. The van der Waals surface area contributed by atoms with Crippen LogP contribution in [0.3, 0.4) is 0 Å². The smallest absolute Gasteiger partial charge is 0.388 e. The molecule has 0 radical (unpaired) electrons. The molecule has 24 heavy (non-hydrogen) atoms. The molecule has 3 aromatic rings. The Hall–Kier alpha value is -2.52. The van der Waals surface area contributed by atoms with Gasteiger partial charge in [0.15, 0.2) is 10.1 Å². The van der Waals surface area contributed by atoms with Crippen molar-refractivity contribution in [3.8, 4) is 5.88 Å². The summed E-state index contributed by atoms with van der Waals surface area (Å²) in [6, 6.07) is 3.74. The zero-order valence-corrected chi connectivity index (χ0v) is 14.9. The van der Waals surface area contributed by atoms with Crippen LogP contribution in [0.15, 0.2) is 23.7 Å². The molecule has 7 nitrogen and oxygen atoms in total. The molecule has 0 aromatic carbocycles. The first-order valence-electron chi connectivity index (χ1n) is 7.07. The standard InChI is InChI=1S/C15H15N5O2S2/c1-8-6-11(4-5-16-8)19-13-12(18-10(3)24-13)22-15(21)20-14-17-9(2)7-23-14/h4-7H,1-3H3,(H,16,19)(H,17,20,21). The average molecular weight is 361 g/mol. The van der Waals surface area contributed by atoms with E-state index in [0.717, 1.165) is 22.1 Å². The molecule has 0 spiro atoms. The van der Waals surface area contributed by atoms with Gasteiger partial charge in [0.2, 0.25) is 0 Å². The van der Waals surface area contributed by atoms with Crippen LogP contribution in [-0.4, -0.2) is 21.0 Å². The lowest BCUT2D eigenvalue weighted by molar-refractivity contribution is 0.214. The highest BCUT2D eigenvalue weighted by Gasteiger charge is 2.16. The second-order valence-corrected chi connectivity index (χ2v) is 7.05. The quantitative estimate of drug-likeness (QED) is 0.721. The maximum absolute atomic E-state index is 12.0. The SMILES string of the molecule is Cc1cc(Nc2sc(C)nc2OC(=O)Nc2nc(C)cs2)ccn1. The van der Waals surface area contributed by atoms with E-state index in [0.29, 0.717) is 10.1 Å². The van der Waals surface area contributed by atoms with Crippen molar-refractivity contribution < 1.29 is 9.53 Å². The van der Waals surface area contributed by atoms with Gasteiger partial charge in [-0.15, -0.1) is 11.3 Å². The Bertz CT molecular complexity index is 874. The predicted molar refractivity (Wildman–Crippen MR) is 95.6 cm³/mol. The molecule has 0 aliphatic carbocycles. The molecule has 0 aliphatic rings. The molecule has 0 aliphatic heterocycles. The van der Waals surface area contributed by atoms with Gasteiger partial charge in [0, 0.05) is 23.0 Å². The van der Waals surface area contributed by atoms with Crippen LogP contribution in [0.4, 0.5) is 20.6 Å². The highest BCUT2D eigenvalue weighted by molar-refractivity contribution is 7.16. The number of hydrogen-bond donors (Lipinski definition) is 2. The third kappa shape index (κ3) is 4.06. The number of aromatic nitrogens is 3. The van der Waals surface area contributed by atoms with Gasteiger partial charge in [-0.1, -0.05) is 11.3 Å². The number of ether oxygens (including phenoxy) is 1. The van der Waals surface area contributed by atoms with E-state index in [1.165, 1.54) is 22.7 Å². The Morgan fingerprint density at radius 3 is 2.75 bits per heavy atom. The van der Waals surface area contributed by atoms with Crippen molar-refractivity contribution in [1.29, 1.82) is 0 Å². The molecule has 0 atom stereocenters. The van der Waals surface area contributed by atoms with E-state index in [9.17, 15) is 4.79 Å². The molecule has 0 saturated heterocycles. The Labute approximate surface area is 146 Å². The predicted octanol–water partition coefficient (Wildman–Crippen LogP) is 4.27. The van der Waals surface area contributed by atoms with E-state index in [2.05, 4.69) is 25.6 Å². The molecule has 3 heterocycles. The third-order valence-electron chi connectivity index (χ3n) is 2.87. The fourth-order valence-corrected chi connectivity index (χ4v) is 3.36. The molecule has 0 unspecified atom stereocenters. The lowest BCUT2D eigenvalue weighted by Gasteiger charge is -2.07. The summed E-state index contributed by atoms with van der Waals surface area (Å²) >= 11 is 2.75. The average Bonchev–Trinajstić information content (AvgIpc) is 3.05. The zero-order valence-electron chi connectivity index (χ0n) is 13.3. The van der Waals surface area contributed by atoms with Crippen molar-refractivity contribution in [3.63, 3.8) is 0 Å². The van der Waals surface area contributed by atoms with Crippen molar-refractivity contribution in [2.24, 2.45) is 0 Å². The van der Waals surface area contributed by atoms with E-state index >= 15 is 0 Å². The van der Waals surface area contributed by atoms with Crippen molar-refractivity contribution in [3.05, 3.63) is 40.1 Å². The van der Waals surface area contributed by atoms with Gasteiger partial charge >= 0.3 is 6.09 Å². The van der Waals surface area contributed by atoms with Crippen LogP contribution in [0.2, 0.25) is 0 Å². The Balaban J connectivity index is 1.72. The van der Waals surface area contributed by atoms with Crippen LogP contribution < -0.4 is 15.4 Å². The minimum absolute atomic E-state index is 0.234. The first kappa shape index (κ1) is 16.3. The van der Waals surface area contributed by atoms with Gasteiger partial charge in [0.1, 0.15) is 0 Å². The van der Waals surface area contributed by atoms with E-state index in [4.69, 9.17) is 4.74 Å². The highest BCUT2D eigenvalue weighted by atomic mass is 32.1. The first-order valence-corrected chi connectivity index (χ1v) is 8.77. The molecule has 3 aromatic heterocycles. The summed E-state index contributed by atoms with van der Waals surface area (Å²) in [4.78, 5) is 24.6. The molecule has 2 N–H and O–H groups in total. The zero-order chi connectivity index (χ0) is 17.1. The van der Waals surface area contributed by atoms with Gasteiger partial charge in [-0.05, 0) is 32.9 Å². The molecule has 0 fully saturated rings. The summed E-state index contributed by atoms with van der Waals surface area (Å²) in [6.45, 7) is 5.61. The van der Waals surface area contributed by atoms with Gasteiger partial charge in [-0.2, -0.15) is 0 Å². The maximum atomic E-state index is 12.0. The number of pyridine rings is 1. The highest BCUT2D eigenvalue weighted by Crippen LogP contribution is 2.33. The lowest BCUT2D eigenvalue weighted by Crippen LogP contribution is -2.17. The monoisotopic (exact) mass is 361 g/mol. The van der Waals surface area contributed by atoms with E-state index in [-0.39, 0.29) is 5.88 Å². The van der Waals surface area contributed by atoms with Crippen LogP contribution >= 0.6 is 22.7 Å². The summed E-state index contributed by atoms with van der Waals surface area (Å²) in [5.74, 6) is 0.234. The van der Waals surface area contributed by atoms with Crippen molar-refractivity contribution in [2.45, 2.75) is 20.8 Å². The molecule has 0 saturated carbocycles. The van der Waals surface area contributed by atoms with Gasteiger partial charge in [-0.3, -0.25) is 10.3 Å². The van der Waals surface area contributed by atoms with Crippen LogP contribution in [0.25, 0.3) is 0 Å². The fourth-order valence-electron chi connectivity index (χ4n) is 1.92. The molecule has 0 bridgehead atoms. The second kappa shape index (κ2) is 6.93. The number of carbonyl (C=O) groups is 1.